The van der Waals surface area contributed by atoms with Gasteiger partial charge in [0.2, 0.25) is 0 Å². The lowest BCUT2D eigenvalue weighted by Crippen LogP contribution is -2.40. The second kappa shape index (κ2) is 11.4. The number of hydrogen-bond acceptors (Lipinski definition) is 5. The molecule has 7 nitrogen and oxygen atoms in total. The summed E-state index contributed by atoms with van der Waals surface area (Å²) in [7, 11) is -4.04. The SMILES string of the molecule is Cc1ccc(S(=O)(=O)N(CC(=O)N/N=C\c2ccc(-c3ccc(Cl)cc3Cl)o2)c2cccc(C)c2C)cc1. The van der Waals surface area contributed by atoms with Crippen molar-refractivity contribution >= 4 is 51.0 Å². The molecule has 1 aromatic heterocycles. The molecule has 0 aliphatic rings. The van der Waals surface area contributed by atoms with Crippen LogP contribution in [0, 0.1) is 20.8 Å². The zero-order chi connectivity index (χ0) is 27.4. The number of furan rings is 1. The minimum absolute atomic E-state index is 0.0873. The molecule has 0 unspecified atom stereocenters. The predicted molar refractivity (Wildman–Crippen MR) is 152 cm³/mol. The van der Waals surface area contributed by atoms with Gasteiger partial charge in [0, 0.05) is 10.6 Å². The van der Waals surface area contributed by atoms with Gasteiger partial charge in [-0.3, -0.25) is 9.10 Å². The molecular weight excluding hydrogens is 545 g/mol. The van der Waals surface area contributed by atoms with Crippen molar-refractivity contribution in [2.45, 2.75) is 25.7 Å². The summed E-state index contributed by atoms with van der Waals surface area (Å²) in [6.45, 7) is 5.10. The Morgan fingerprint density at radius 3 is 2.45 bits per heavy atom. The molecule has 4 rings (SSSR count). The van der Waals surface area contributed by atoms with Gasteiger partial charge in [0.05, 0.1) is 21.8 Å². The maximum Gasteiger partial charge on any atom is 0.264 e. The standard InChI is InChI=1S/C28H25Cl2N3O4S/c1-18-7-11-23(12-8-18)38(35,36)33(26-6-4-5-19(2)20(26)3)17-28(34)32-31-16-22-10-14-27(37-22)24-13-9-21(29)15-25(24)30/h4-16H,17H2,1-3H3,(H,32,34)/b31-16-. The van der Waals surface area contributed by atoms with Crippen molar-refractivity contribution in [2.75, 3.05) is 10.8 Å². The summed E-state index contributed by atoms with van der Waals surface area (Å²) in [5.41, 5.74) is 6.04. The number of anilines is 1. The van der Waals surface area contributed by atoms with Gasteiger partial charge in [-0.15, -0.1) is 0 Å². The number of carbonyl (C=O) groups is 1. The van der Waals surface area contributed by atoms with Gasteiger partial charge in [0.1, 0.15) is 18.1 Å². The molecule has 0 atom stereocenters. The van der Waals surface area contributed by atoms with Crippen LogP contribution < -0.4 is 9.73 Å². The van der Waals surface area contributed by atoms with E-state index in [4.69, 9.17) is 27.6 Å². The average molecular weight is 570 g/mol. The number of nitrogens with one attached hydrogen (secondary N) is 1. The molecule has 1 heterocycles. The summed E-state index contributed by atoms with van der Waals surface area (Å²) in [6.07, 6.45) is 1.32. The predicted octanol–water partition coefficient (Wildman–Crippen LogP) is 6.52. The molecule has 0 saturated carbocycles. The summed E-state index contributed by atoms with van der Waals surface area (Å²) in [5, 5.41) is 4.89. The number of rotatable bonds is 8. The van der Waals surface area contributed by atoms with Crippen LogP contribution in [0.25, 0.3) is 11.3 Å². The highest BCUT2D eigenvalue weighted by Gasteiger charge is 2.28. The Morgan fingerprint density at radius 2 is 1.74 bits per heavy atom. The first kappa shape index (κ1) is 27.4. The topological polar surface area (TPSA) is 92.0 Å². The van der Waals surface area contributed by atoms with Crippen LogP contribution in [0.1, 0.15) is 22.5 Å². The third kappa shape index (κ3) is 6.10. The number of carbonyl (C=O) groups excluding carboxylic acids is 1. The molecule has 0 bridgehead atoms. The van der Waals surface area contributed by atoms with E-state index in [0.29, 0.717) is 32.8 Å². The highest BCUT2D eigenvalue weighted by atomic mass is 35.5. The number of nitrogens with zero attached hydrogens (tertiary/aromatic N) is 2. The van der Waals surface area contributed by atoms with Crippen molar-refractivity contribution in [3.05, 3.63) is 105 Å². The van der Waals surface area contributed by atoms with Crippen molar-refractivity contribution in [2.24, 2.45) is 5.10 Å². The third-order valence-corrected chi connectivity index (χ3v) is 8.27. The van der Waals surface area contributed by atoms with E-state index in [1.165, 1.54) is 18.3 Å². The Morgan fingerprint density at radius 1 is 1.00 bits per heavy atom. The third-order valence-electron chi connectivity index (χ3n) is 5.95. The number of amides is 1. The number of halogens is 2. The second-order valence-corrected chi connectivity index (χ2v) is 11.4. The number of benzene rings is 3. The highest BCUT2D eigenvalue weighted by Crippen LogP contribution is 2.31. The lowest BCUT2D eigenvalue weighted by molar-refractivity contribution is -0.119. The van der Waals surface area contributed by atoms with Crippen molar-refractivity contribution in [1.82, 2.24) is 5.43 Å². The lowest BCUT2D eigenvalue weighted by atomic mass is 10.1. The largest absolute Gasteiger partial charge is 0.455 e. The van der Waals surface area contributed by atoms with Crippen molar-refractivity contribution in [1.29, 1.82) is 0 Å². The summed E-state index contributed by atoms with van der Waals surface area (Å²) in [5.74, 6) is 0.250. The first-order chi connectivity index (χ1) is 18.1. The molecule has 10 heteroatoms. The maximum absolute atomic E-state index is 13.6. The zero-order valence-electron chi connectivity index (χ0n) is 20.9. The molecule has 0 aliphatic carbocycles. The Labute approximate surface area is 231 Å². The molecule has 0 radical (unpaired) electrons. The average Bonchev–Trinajstić information content (AvgIpc) is 3.33. The van der Waals surface area contributed by atoms with Gasteiger partial charge in [0.25, 0.3) is 15.9 Å². The normalized spacial score (nSPS) is 11.6. The van der Waals surface area contributed by atoms with Gasteiger partial charge >= 0.3 is 0 Å². The Kier molecular flexibility index (Phi) is 8.26. The molecule has 4 aromatic rings. The molecule has 0 aliphatic heterocycles. The summed E-state index contributed by atoms with van der Waals surface area (Å²) in [6, 6.07) is 20.2. The van der Waals surface area contributed by atoms with Gasteiger partial charge in [-0.2, -0.15) is 5.10 Å². The van der Waals surface area contributed by atoms with Crippen LogP contribution in [-0.2, 0) is 14.8 Å². The first-order valence-electron chi connectivity index (χ1n) is 11.6. The van der Waals surface area contributed by atoms with Gasteiger partial charge in [-0.25, -0.2) is 13.8 Å². The Bertz CT molecular complexity index is 1610. The number of hydrogen-bond donors (Lipinski definition) is 1. The van der Waals surface area contributed by atoms with Gasteiger partial charge in [-0.1, -0.05) is 53.0 Å². The van der Waals surface area contributed by atoms with Crippen LogP contribution in [0.4, 0.5) is 5.69 Å². The number of hydrazone groups is 1. The lowest BCUT2D eigenvalue weighted by Gasteiger charge is -2.26. The van der Waals surface area contributed by atoms with E-state index in [1.54, 1.807) is 54.6 Å². The number of sulfonamides is 1. The van der Waals surface area contributed by atoms with Crippen molar-refractivity contribution in [3.63, 3.8) is 0 Å². The summed E-state index contributed by atoms with van der Waals surface area (Å²) < 4.78 is 34.0. The number of aryl methyl sites for hydroxylation is 2. The quantitative estimate of drug-likeness (QED) is 0.193. The van der Waals surface area contributed by atoms with Crippen LogP contribution in [0.2, 0.25) is 10.0 Å². The van der Waals surface area contributed by atoms with Gasteiger partial charge in [0.15, 0.2) is 0 Å². The monoisotopic (exact) mass is 569 g/mol. The second-order valence-electron chi connectivity index (χ2n) is 8.66. The minimum atomic E-state index is -4.04. The Balaban J connectivity index is 1.54. The molecule has 0 spiro atoms. The highest BCUT2D eigenvalue weighted by molar-refractivity contribution is 7.92. The van der Waals surface area contributed by atoms with Gasteiger partial charge < -0.3 is 4.42 Å². The van der Waals surface area contributed by atoms with Crippen LogP contribution in [-0.4, -0.2) is 27.1 Å². The smallest absolute Gasteiger partial charge is 0.264 e. The molecule has 0 fully saturated rings. The van der Waals surface area contributed by atoms with Crippen molar-refractivity contribution in [3.8, 4) is 11.3 Å². The fourth-order valence-corrected chi connectivity index (χ4v) is 5.71. The van der Waals surface area contributed by atoms with E-state index in [0.717, 1.165) is 21.0 Å². The van der Waals surface area contributed by atoms with E-state index in [1.807, 2.05) is 26.8 Å². The van der Waals surface area contributed by atoms with E-state index < -0.39 is 22.5 Å². The molecular formula is C28H25Cl2N3O4S. The van der Waals surface area contributed by atoms with E-state index >= 15 is 0 Å². The van der Waals surface area contributed by atoms with E-state index in [9.17, 15) is 13.2 Å². The van der Waals surface area contributed by atoms with Gasteiger partial charge in [-0.05, 0) is 80.4 Å². The summed E-state index contributed by atoms with van der Waals surface area (Å²) >= 11 is 12.2. The van der Waals surface area contributed by atoms with E-state index in [-0.39, 0.29) is 4.90 Å². The molecule has 38 heavy (non-hydrogen) atoms. The van der Waals surface area contributed by atoms with Crippen LogP contribution >= 0.6 is 23.2 Å². The minimum Gasteiger partial charge on any atom is -0.455 e. The fourth-order valence-electron chi connectivity index (χ4n) is 3.73. The zero-order valence-corrected chi connectivity index (χ0v) is 23.2. The van der Waals surface area contributed by atoms with Crippen LogP contribution in [0.15, 0.2) is 87.2 Å². The fraction of sp³-hybridized carbons (Fsp3) is 0.143. The maximum atomic E-state index is 13.6. The first-order valence-corrected chi connectivity index (χ1v) is 13.8. The van der Waals surface area contributed by atoms with Crippen LogP contribution in [0.3, 0.4) is 0 Å². The molecule has 3 aromatic carbocycles. The van der Waals surface area contributed by atoms with E-state index in [2.05, 4.69) is 10.5 Å². The van der Waals surface area contributed by atoms with Crippen LogP contribution in [0.5, 0.6) is 0 Å². The van der Waals surface area contributed by atoms with Crippen molar-refractivity contribution < 1.29 is 17.6 Å². The molecule has 1 amide bonds. The molecule has 0 saturated heterocycles. The summed E-state index contributed by atoms with van der Waals surface area (Å²) in [4.78, 5) is 12.9. The Hall–Kier alpha value is -3.59. The molecule has 196 valence electrons. The molecule has 1 N–H and O–H groups in total.